The number of fused-ring (bicyclic) bond motifs is 2. The van der Waals surface area contributed by atoms with Crippen molar-refractivity contribution >= 4 is 21.5 Å². The van der Waals surface area contributed by atoms with Gasteiger partial charge in [0, 0.05) is 22.1 Å². The predicted octanol–water partition coefficient (Wildman–Crippen LogP) is 12.5. The van der Waals surface area contributed by atoms with Gasteiger partial charge >= 0.3 is 0 Å². The molecule has 56 heavy (non-hydrogen) atoms. The Morgan fingerprint density at radius 1 is 0.464 bits per heavy atom. The quantitative estimate of drug-likeness (QED) is 0.172. The average molecular weight is 721 g/mol. The van der Waals surface area contributed by atoms with Gasteiger partial charge in [-0.1, -0.05) is 146 Å². The van der Waals surface area contributed by atoms with Crippen LogP contribution in [-0.2, 0) is 10.8 Å². The van der Waals surface area contributed by atoms with Crippen LogP contribution in [-0.4, -0.2) is 15.0 Å². The highest BCUT2D eigenvalue weighted by Crippen LogP contribution is 2.66. The molecule has 0 N–H and O–H groups in total. The van der Waals surface area contributed by atoms with Gasteiger partial charge < -0.3 is 0 Å². The lowest BCUT2D eigenvalue weighted by Gasteiger charge is -2.63. The second kappa shape index (κ2) is 12.8. The second-order valence-corrected chi connectivity index (χ2v) is 16.7. The molecule has 1 aromatic heterocycles. The highest BCUT2D eigenvalue weighted by atomic mass is 15.0. The molecule has 0 amide bonds. The summed E-state index contributed by atoms with van der Waals surface area (Å²) in [5, 5.41) is 14.2. The Balaban J connectivity index is 0.928. The molecule has 7 aromatic carbocycles. The third-order valence-corrected chi connectivity index (χ3v) is 13.3. The number of hydrogen-bond donors (Lipinski definition) is 0. The third-order valence-electron chi connectivity index (χ3n) is 13.3. The fourth-order valence-electron chi connectivity index (χ4n) is 11.3. The molecular formula is C52H40N4. The van der Waals surface area contributed by atoms with Gasteiger partial charge in [-0.2, -0.15) is 5.26 Å². The van der Waals surface area contributed by atoms with Crippen molar-refractivity contribution < 1.29 is 0 Å². The Morgan fingerprint density at radius 2 is 1.00 bits per heavy atom. The van der Waals surface area contributed by atoms with Crippen molar-refractivity contribution in [1.82, 2.24) is 15.0 Å². The maximum Gasteiger partial charge on any atom is 0.164 e. The van der Waals surface area contributed by atoms with E-state index < -0.39 is 0 Å². The molecule has 4 aliphatic rings. The summed E-state index contributed by atoms with van der Waals surface area (Å²) in [6.45, 7) is 0. The highest BCUT2D eigenvalue weighted by Gasteiger charge is 2.58. The average Bonchev–Trinajstić information content (AvgIpc) is 3.25. The molecule has 4 bridgehead atoms. The lowest BCUT2D eigenvalue weighted by Crippen LogP contribution is -2.55. The molecule has 0 radical (unpaired) electrons. The molecule has 0 aliphatic heterocycles. The van der Waals surface area contributed by atoms with Crippen LogP contribution in [0.3, 0.4) is 0 Å². The van der Waals surface area contributed by atoms with Crippen LogP contribution in [0, 0.1) is 23.2 Å². The maximum absolute atomic E-state index is 9.72. The molecule has 0 saturated heterocycles. The molecule has 4 fully saturated rings. The van der Waals surface area contributed by atoms with Gasteiger partial charge in [0.1, 0.15) is 0 Å². The summed E-state index contributed by atoms with van der Waals surface area (Å²) in [7, 11) is 0. The first-order chi connectivity index (χ1) is 27.5. The summed E-state index contributed by atoms with van der Waals surface area (Å²) in [6, 6.07) is 58.6. The monoisotopic (exact) mass is 720 g/mol. The van der Waals surface area contributed by atoms with Gasteiger partial charge in [0.05, 0.1) is 11.6 Å². The topological polar surface area (TPSA) is 62.5 Å². The summed E-state index contributed by atoms with van der Waals surface area (Å²) in [6.07, 6.45) is 7.68. The Labute approximate surface area is 327 Å². The molecule has 12 rings (SSSR count). The molecule has 8 aromatic rings. The number of aromatic nitrogens is 3. The Hall–Kier alpha value is -6.44. The van der Waals surface area contributed by atoms with Gasteiger partial charge in [-0.3, -0.25) is 0 Å². The van der Waals surface area contributed by atoms with Gasteiger partial charge in [-0.15, -0.1) is 0 Å². The van der Waals surface area contributed by atoms with Crippen molar-refractivity contribution in [1.29, 1.82) is 5.26 Å². The fourth-order valence-corrected chi connectivity index (χ4v) is 11.3. The van der Waals surface area contributed by atoms with Crippen LogP contribution in [0.2, 0.25) is 0 Å². The largest absolute Gasteiger partial charge is 0.208 e. The molecular weight excluding hydrogens is 681 g/mol. The van der Waals surface area contributed by atoms with E-state index in [-0.39, 0.29) is 10.8 Å². The summed E-state index contributed by atoms with van der Waals surface area (Å²) in [5.41, 5.74) is 9.43. The lowest BCUT2D eigenvalue weighted by molar-refractivity contribution is -0.0281. The van der Waals surface area contributed by atoms with E-state index in [1.54, 1.807) is 0 Å². The first-order valence-electron chi connectivity index (χ1n) is 20.0. The fraction of sp³-hybridized carbons (Fsp3) is 0.192. The van der Waals surface area contributed by atoms with Crippen molar-refractivity contribution in [3.05, 3.63) is 174 Å². The van der Waals surface area contributed by atoms with E-state index in [9.17, 15) is 5.26 Å². The van der Waals surface area contributed by atoms with E-state index in [0.29, 0.717) is 17.5 Å². The molecule has 268 valence electrons. The zero-order valence-electron chi connectivity index (χ0n) is 31.2. The molecule has 1 heterocycles. The Bertz CT molecular complexity index is 2820. The molecule has 4 aliphatic carbocycles. The Morgan fingerprint density at radius 3 is 1.66 bits per heavy atom. The van der Waals surface area contributed by atoms with Crippen LogP contribution in [0.25, 0.3) is 66.8 Å². The summed E-state index contributed by atoms with van der Waals surface area (Å²) >= 11 is 0. The van der Waals surface area contributed by atoms with E-state index >= 15 is 0 Å². The van der Waals surface area contributed by atoms with Gasteiger partial charge in [0.2, 0.25) is 0 Å². The van der Waals surface area contributed by atoms with Crippen molar-refractivity contribution in [2.75, 3.05) is 0 Å². The van der Waals surface area contributed by atoms with Crippen LogP contribution in [0.5, 0.6) is 0 Å². The smallest absolute Gasteiger partial charge is 0.164 e. The summed E-state index contributed by atoms with van der Waals surface area (Å²) in [4.78, 5) is 15.1. The first kappa shape index (κ1) is 32.9. The minimum atomic E-state index is 0.176. The van der Waals surface area contributed by atoms with Crippen molar-refractivity contribution in [3.63, 3.8) is 0 Å². The van der Waals surface area contributed by atoms with Crippen molar-refractivity contribution in [2.24, 2.45) is 11.8 Å². The van der Waals surface area contributed by atoms with Gasteiger partial charge in [0.25, 0.3) is 0 Å². The molecule has 4 heteroatoms. The summed E-state index contributed by atoms with van der Waals surface area (Å²) < 4.78 is 0. The predicted molar refractivity (Wildman–Crippen MR) is 226 cm³/mol. The minimum Gasteiger partial charge on any atom is -0.208 e. The van der Waals surface area contributed by atoms with E-state index in [2.05, 4.69) is 133 Å². The van der Waals surface area contributed by atoms with Gasteiger partial charge in [0.15, 0.2) is 17.5 Å². The second-order valence-electron chi connectivity index (χ2n) is 16.7. The van der Waals surface area contributed by atoms with E-state index in [4.69, 9.17) is 15.0 Å². The van der Waals surface area contributed by atoms with Gasteiger partial charge in [-0.05, 0) is 112 Å². The normalized spacial score (nSPS) is 22.3. The van der Waals surface area contributed by atoms with Crippen molar-refractivity contribution in [2.45, 2.75) is 49.4 Å². The minimum absolute atomic E-state index is 0.176. The number of rotatable bonds is 6. The maximum atomic E-state index is 9.72. The van der Waals surface area contributed by atoms with Crippen LogP contribution in [0.1, 0.15) is 55.2 Å². The molecule has 4 saturated carbocycles. The number of hydrogen-bond acceptors (Lipinski definition) is 4. The third kappa shape index (κ3) is 5.45. The highest BCUT2D eigenvalue weighted by molar-refractivity contribution is 5.99. The first-order valence-corrected chi connectivity index (χ1v) is 20.0. The lowest BCUT2D eigenvalue weighted by atomic mass is 9.41. The van der Waals surface area contributed by atoms with Crippen molar-refractivity contribution in [3.8, 4) is 51.4 Å². The molecule has 2 atom stereocenters. The van der Waals surface area contributed by atoms with Crippen LogP contribution in [0.4, 0.5) is 0 Å². The van der Waals surface area contributed by atoms with Crippen LogP contribution < -0.4 is 0 Å². The molecule has 2 unspecified atom stereocenters. The molecule has 4 nitrogen and oxygen atoms in total. The number of benzene rings is 7. The summed E-state index contributed by atoms with van der Waals surface area (Å²) in [5.74, 6) is 3.57. The van der Waals surface area contributed by atoms with E-state index in [1.807, 2.05) is 30.3 Å². The number of nitriles is 1. The standard InChI is InChI=1S/C52H40N4/c53-32-42-12-6-15-47-45(13-7-14-46(42)47)37-18-22-43(23-19-37)51-28-34-26-35(29-51)31-52(30-34,33-51)44-24-20-39(21-25-44)49-54-48(38-9-2-1-3-10-38)55-50(56-49)41-17-16-36-8-4-5-11-40(36)27-41/h1-25,27,34-35H,26,28-31,33H2. The van der Waals surface area contributed by atoms with Gasteiger partial charge in [-0.25, -0.2) is 15.0 Å². The zero-order valence-corrected chi connectivity index (χ0v) is 31.2. The zero-order chi connectivity index (χ0) is 37.3. The van der Waals surface area contributed by atoms with E-state index in [0.717, 1.165) is 44.9 Å². The van der Waals surface area contributed by atoms with Crippen LogP contribution >= 0.6 is 0 Å². The SMILES string of the molecule is N#Cc1cccc2c(-c3ccc(C45CC6CC(CC(c7ccc(-c8nc(-c9ccccc9)nc(-c9ccc%10ccccc%10c9)n8)cc7)(C6)C4)C5)cc3)cccc12. The van der Waals surface area contributed by atoms with E-state index in [1.165, 1.54) is 71.6 Å². The Kier molecular flexibility index (Phi) is 7.54. The van der Waals surface area contributed by atoms with Crippen LogP contribution in [0.15, 0.2) is 158 Å². The number of nitrogens with zero attached hydrogens (tertiary/aromatic N) is 4. The molecule has 0 spiro atoms.